The van der Waals surface area contributed by atoms with Gasteiger partial charge in [0.05, 0.1) is 21.6 Å². The number of carbonyl (C=O) groups excluding carboxylic acids is 1. The summed E-state index contributed by atoms with van der Waals surface area (Å²) in [5, 5.41) is 3.70. The lowest BCUT2D eigenvalue weighted by Crippen LogP contribution is -2.27. The molecule has 0 aliphatic heterocycles. The van der Waals surface area contributed by atoms with Crippen LogP contribution in [0.15, 0.2) is 42.5 Å². The molecule has 0 fully saturated rings. The predicted octanol–water partition coefficient (Wildman–Crippen LogP) is 4.84. The average Bonchev–Trinajstić information content (AvgIpc) is 2.52. The molecule has 4 nitrogen and oxygen atoms in total. The first-order valence-electron chi connectivity index (χ1n) is 7.37. The van der Waals surface area contributed by atoms with Gasteiger partial charge in [0, 0.05) is 16.6 Å². The minimum atomic E-state index is -3.50. The molecule has 0 aliphatic rings. The molecule has 2 aromatic rings. The number of hydrogen-bond donors (Lipinski definition) is 1. The van der Waals surface area contributed by atoms with E-state index in [0.717, 1.165) is 0 Å². The van der Waals surface area contributed by atoms with E-state index in [0.29, 0.717) is 26.3 Å². The molecule has 134 valence electrons. The van der Waals surface area contributed by atoms with Gasteiger partial charge >= 0.3 is 0 Å². The van der Waals surface area contributed by atoms with E-state index in [4.69, 9.17) is 34.8 Å². The third-order valence-electron chi connectivity index (χ3n) is 3.47. The van der Waals surface area contributed by atoms with Gasteiger partial charge in [-0.05, 0) is 29.8 Å². The van der Waals surface area contributed by atoms with Crippen LogP contribution in [0.3, 0.4) is 0 Å². The fourth-order valence-corrected chi connectivity index (χ4v) is 4.54. The minimum absolute atomic E-state index is 0.211. The van der Waals surface area contributed by atoms with Crippen molar-refractivity contribution in [3.05, 3.63) is 63.1 Å². The van der Waals surface area contributed by atoms with Crippen molar-refractivity contribution in [1.82, 2.24) is 0 Å². The topological polar surface area (TPSA) is 63.2 Å². The summed E-state index contributed by atoms with van der Waals surface area (Å²) < 4.78 is 24.7. The maximum atomic E-state index is 12.3. The summed E-state index contributed by atoms with van der Waals surface area (Å²) in [6.45, 7) is 1.55. The molecule has 1 amide bonds. The molecule has 0 aromatic heterocycles. The standard InChI is InChI=1S/C17H16Cl3NO3S/c1-11(17(22)21-13-6-7-15(19)16(20)8-13)9-25(23,24)10-12-4-2-3-5-14(12)18/h2-8,11H,9-10H2,1H3,(H,21,22). The van der Waals surface area contributed by atoms with Gasteiger partial charge in [0.25, 0.3) is 0 Å². The van der Waals surface area contributed by atoms with Crippen LogP contribution in [0, 0.1) is 5.92 Å². The van der Waals surface area contributed by atoms with Gasteiger partial charge in [-0.15, -0.1) is 0 Å². The van der Waals surface area contributed by atoms with Gasteiger partial charge < -0.3 is 5.32 Å². The van der Waals surface area contributed by atoms with E-state index in [-0.39, 0.29) is 11.5 Å². The summed E-state index contributed by atoms with van der Waals surface area (Å²) in [6.07, 6.45) is 0. The van der Waals surface area contributed by atoms with Crippen molar-refractivity contribution >= 4 is 56.2 Å². The number of rotatable bonds is 6. The molecule has 25 heavy (non-hydrogen) atoms. The Balaban J connectivity index is 2.02. The van der Waals surface area contributed by atoms with Crippen LogP contribution in [0.1, 0.15) is 12.5 Å². The molecule has 2 rings (SSSR count). The van der Waals surface area contributed by atoms with Gasteiger partial charge in [0.2, 0.25) is 5.91 Å². The number of anilines is 1. The second-order valence-electron chi connectivity index (χ2n) is 5.67. The summed E-state index contributed by atoms with van der Waals surface area (Å²) in [7, 11) is -3.50. The summed E-state index contributed by atoms with van der Waals surface area (Å²) in [6, 6.07) is 11.4. The fourth-order valence-electron chi connectivity index (χ4n) is 2.21. The Morgan fingerprint density at radius 3 is 2.36 bits per heavy atom. The summed E-state index contributed by atoms with van der Waals surface area (Å²) >= 11 is 17.7. The van der Waals surface area contributed by atoms with Crippen molar-refractivity contribution in [2.45, 2.75) is 12.7 Å². The Bertz CT molecular complexity index is 884. The highest BCUT2D eigenvalue weighted by molar-refractivity contribution is 7.90. The first kappa shape index (κ1) is 20.0. The van der Waals surface area contributed by atoms with Crippen LogP contribution in [-0.2, 0) is 20.4 Å². The molecular weight excluding hydrogens is 405 g/mol. The Morgan fingerprint density at radius 1 is 1.04 bits per heavy atom. The molecule has 0 saturated carbocycles. The maximum Gasteiger partial charge on any atom is 0.228 e. The average molecular weight is 421 g/mol. The number of hydrogen-bond acceptors (Lipinski definition) is 3. The van der Waals surface area contributed by atoms with Gasteiger partial charge in [-0.25, -0.2) is 8.42 Å². The van der Waals surface area contributed by atoms with Crippen LogP contribution >= 0.6 is 34.8 Å². The van der Waals surface area contributed by atoms with Crippen LogP contribution < -0.4 is 5.32 Å². The molecular formula is C17H16Cl3NO3S. The van der Waals surface area contributed by atoms with E-state index < -0.39 is 21.7 Å². The minimum Gasteiger partial charge on any atom is -0.326 e. The number of sulfone groups is 1. The van der Waals surface area contributed by atoms with Crippen LogP contribution in [0.2, 0.25) is 15.1 Å². The summed E-state index contributed by atoms with van der Waals surface area (Å²) in [5.74, 6) is -1.65. The second kappa shape index (κ2) is 8.41. The Labute approximate surface area is 162 Å². The quantitative estimate of drug-likeness (QED) is 0.727. The van der Waals surface area contributed by atoms with Gasteiger partial charge in [0.1, 0.15) is 0 Å². The fraction of sp³-hybridized carbons (Fsp3) is 0.235. The molecule has 0 aliphatic carbocycles. The highest BCUT2D eigenvalue weighted by Gasteiger charge is 2.23. The van der Waals surface area contributed by atoms with E-state index >= 15 is 0 Å². The third-order valence-corrected chi connectivity index (χ3v) is 6.34. The zero-order valence-corrected chi connectivity index (χ0v) is 16.4. The number of nitrogens with one attached hydrogen (secondary N) is 1. The van der Waals surface area contributed by atoms with Crippen molar-refractivity contribution < 1.29 is 13.2 Å². The lowest BCUT2D eigenvalue weighted by atomic mass is 10.2. The molecule has 0 heterocycles. The molecule has 1 atom stereocenters. The normalized spacial score (nSPS) is 12.6. The molecule has 2 aromatic carbocycles. The largest absolute Gasteiger partial charge is 0.326 e. The highest BCUT2D eigenvalue weighted by atomic mass is 35.5. The first-order chi connectivity index (χ1) is 11.7. The van der Waals surface area contributed by atoms with Crippen LogP contribution in [0.5, 0.6) is 0 Å². The zero-order chi connectivity index (χ0) is 18.6. The van der Waals surface area contributed by atoms with Crippen molar-refractivity contribution in [3.8, 4) is 0 Å². The van der Waals surface area contributed by atoms with Crippen LogP contribution in [0.4, 0.5) is 5.69 Å². The van der Waals surface area contributed by atoms with E-state index in [9.17, 15) is 13.2 Å². The number of benzene rings is 2. The van der Waals surface area contributed by atoms with Crippen LogP contribution in [0.25, 0.3) is 0 Å². The Morgan fingerprint density at radius 2 is 1.72 bits per heavy atom. The van der Waals surface area contributed by atoms with Gasteiger partial charge in [-0.2, -0.15) is 0 Å². The highest BCUT2D eigenvalue weighted by Crippen LogP contribution is 2.25. The van der Waals surface area contributed by atoms with Gasteiger partial charge in [0.15, 0.2) is 9.84 Å². The zero-order valence-electron chi connectivity index (χ0n) is 13.3. The van der Waals surface area contributed by atoms with E-state index in [1.807, 2.05) is 0 Å². The maximum absolute atomic E-state index is 12.3. The van der Waals surface area contributed by atoms with Crippen LogP contribution in [-0.4, -0.2) is 20.1 Å². The van der Waals surface area contributed by atoms with E-state index in [1.54, 1.807) is 43.3 Å². The predicted molar refractivity (Wildman–Crippen MR) is 103 cm³/mol. The molecule has 0 spiro atoms. The van der Waals surface area contributed by atoms with Crippen molar-refractivity contribution in [2.75, 3.05) is 11.1 Å². The number of carbonyl (C=O) groups is 1. The van der Waals surface area contributed by atoms with E-state index in [2.05, 4.69) is 5.32 Å². The Kier molecular flexibility index (Phi) is 6.74. The summed E-state index contributed by atoms with van der Waals surface area (Å²) in [4.78, 5) is 12.2. The SMILES string of the molecule is CC(CS(=O)(=O)Cc1ccccc1Cl)C(=O)Nc1ccc(Cl)c(Cl)c1. The van der Waals surface area contributed by atoms with Crippen molar-refractivity contribution in [3.63, 3.8) is 0 Å². The lowest BCUT2D eigenvalue weighted by molar-refractivity contribution is -0.118. The lowest BCUT2D eigenvalue weighted by Gasteiger charge is -2.13. The monoisotopic (exact) mass is 419 g/mol. The van der Waals surface area contributed by atoms with E-state index in [1.165, 1.54) is 6.07 Å². The smallest absolute Gasteiger partial charge is 0.228 e. The molecule has 1 N–H and O–H groups in total. The molecule has 0 saturated heterocycles. The third kappa shape index (κ3) is 5.89. The van der Waals surface area contributed by atoms with Crippen molar-refractivity contribution in [2.24, 2.45) is 5.92 Å². The molecule has 0 bridgehead atoms. The van der Waals surface area contributed by atoms with Gasteiger partial charge in [-0.1, -0.05) is 59.9 Å². The molecule has 0 radical (unpaired) electrons. The molecule has 1 unspecified atom stereocenters. The summed E-state index contributed by atoms with van der Waals surface area (Å²) in [5.41, 5.74) is 0.969. The second-order valence-corrected chi connectivity index (χ2v) is 9.00. The first-order valence-corrected chi connectivity index (χ1v) is 10.3. The van der Waals surface area contributed by atoms with Crippen molar-refractivity contribution in [1.29, 1.82) is 0 Å². The van der Waals surface area contributed by atoms with Gasteiger partial charge in [-0.3, -0.25) is 4.79 Å². The molecule has 8 heteroatoms. The Hall–Kier alpha value is -1.27. The number of amides is 1. The number of halogens is 3.